The fourth-order valence-electron chi connectivity index (χ4n) is 2.72. The number of carbonyl (C=O) groups is 2. The number of hydrogen-bond donors (Lipinski definition) is 0. The lowest BCUT2D eigenvalue weighted by atomic mass is 10.1. The molecule has 27 heavy (non-hydrogen) atoms. The van der Waals surface area contributed by atoms with E-state index in [9.17, 15) is 31.5 Å². The molecule has 2 aromatic rings. The van der Waals surface area contributed by atoms with Crippen LogP contribution in [0.25, 0.3) is 0 Å². The SMILES string of the molecule is O=C(OCc1c(F)c(F)c(F)c(F)c1F)c1cccc(N2CCCC2=O)c1. The first kappa shape index (κ1) is 18.8. The van der Waals surface area contributed by atoms with Crippen LogP contribution in [-0.4, -0.2) is 18.4 Å². The van der Waals surface area contributed by atoms with Crippen molar-refractivity contribution in [2.45, 2.75) is 19.4 Å². The van der Waals surface area contributed by atoms with Crippen LogP contribution in [0.1, 0.15) is 28.8 Å². The van der Waals surface area contributed by atoms with Gasteiger partial charge in [0.05, 0.1) is 11.1 Å². The summed E-state index contributed by atoms with van der Waals surface area (Å²) in [6.45, 7) is -0.653. The summed E-state index contributed by atoms with van der Waals surface area (Å²) in [5.41, 5.74) is -0.829. The number of ether oxygens (including phenoxy) is 1. The smallest absolute Gasteiger partial charge is 0.338 e. The third-order valence-electron chi connectivity index (χ3n) is 4.12. The molecule has 1 fully saturated rings. The van der Waals surface area contributed by atoms with Gasteiger partial charge < -0.3 is 9.64 Å². The molecule has 2 aromatic carbocycles. The Morgan fingerprint density at radius 2 is 1.63 bits per heavy atom. The van der Waals surface area contributed by atoms with E-state index in [1.54, 1.807) is 6.07 Å². The van der Waals surface area contributed by atoms with E-state index in [0.717, 1.165) is 0 Å². The van der Waals surface area contributed by atoms with E-state index >= 15 is 0 Å². The van der Waals surface area contributed by atoms with Crippen LogP contribution in [0.15, 0.2) is 24.3 Å². The highest BCUT2D eigenvalue weighted by molar-refractivity contribution is 5.97. The first-order chi connectivity index (χ1) is 12.8. The Balaban J connectivity index is 1.79. The zero-order valence-corrected chi connectivity index (χ0v) is 13.7. The summed E-state index contributed by atoms with van der Waals surface area (Å²) in [7, 11) is 0. The lowest BCUT2D eigenvalue weighted by molar-refractivity contribution is -0.117. The monoisotopic (exact) mass is 385 g/mol. The minimum absolute atomic E-state index is 0.0314. The number of nitrogens with zero attached hydrogens (tertiary/aromatic N) is 1. The standard InChI is InChI=1S/C18H12F5NO3/c19-13-11(14(20)16(22)17(23)15(13)21)8-27-18(26)9-3-1-4-10(7-9)24-6-2-5-12(24)25/h1,3-4,7H,2,5-6,8H2. The second-order valence-electron chi connectivity index (χ2n) is 5.82. The van der Waals surface area contributed by atoms with E-state index in [0.29, 0.717) is 25.1 Å². The van der Waals surface area contributed by atoms with Gasteiger partial charge in [0.15, 0.2) is 23.3 Å². The third-order valence-corrected chi connectivity index (χ3v) is 4.12. The summed E-state index contributed by atoms with van der Waals surface area (Å²) in [6, 6.07) is 5.77. The topological polar surface area (TPSA) is 46.6 Å². The zero-order chi connectivity index (χ0) is 19.7. The molecule has 1 aliphatic heterocycles. The predicted octanol–water partition coefficient (Wildman–Crippen LogP) is 3.87. The van der Waals surface area contributed by atoms with Crippen molar-refractivity contribution in [2.75, 3.05) is 11.4 Å². The van der Waals surface area contributed by atoms with Crippen molar-refractivity contribution in [2.24, 2.45) is 0 Å². The van der Waals surface area contributed by atoms with E-state index in [-0.39, 0.29) is 11.5 Å². The van der Waals surface area contributed by atoms with Crippen LogP contribution in [0.3, 0.4) is 0 Å². The fraction of sp³-hybridized carbons (Fsp3) is 0.222. The van der Waals surface area contributed by atoms with Crippen molar-refractivity contribution >= 4 is 17.6 Å². The van der Waals surface area contributed by atoms with Gasteiger partial charge in [0.25, 0.3) is 0 Å². The Hall–Kier alpha value is -2.97. The number of halogens is 5. The van der Waals surface area contributed by atoms with Crippen LogP contribution >= 0.6 is 0 Å². The molecule has 1 amide bonds. The van der Waals surface area contributed by atoms with E-state index < -0.39 is 47.2 Å². The number of anilines is 1. The van der Waals surface area contributed by atoms with Gasteiger partial charge in [-0.2, -0.15) is 0 Å². The molecule has 142 valence electrons. The Kier molecular flexibility index (Phi) is 5.11. The largest absolute Gasteiger partial charge is 0.457 e. The molecule has 1 aliphatic rings. The van der Waals surface area contributed by atoms with Crippen LogP contribution in [0, 0.1) is 29.1 Å². The molecule has 0 aliphatic carbocycles. The number of rotatable bonds is 4. The highest BCUT2D eigenvalue weighted by atomic mass is 19.2. The van der Waals surface area contributed by atoms with Crippen LogP contribution in [0.2, 0.25) is 0 Å². The van der Waals surface area contributed by atoms with Crippen LogP contribution < -0.4 is 4.90 Å². The molecular formula is C18H12F5NO3. The molecule has 9 heteroatoms. The normalized spacial score (nSPS) is 14.0. The number of amides is 1. The Morgan fingerprint density at radius 3 is 2.22 bits per heavy atom. The molecule has 0 unspecified atom stereocenters. The zero-order valence-electron chi connectivity index (χ0n) is 13.7. The van der Waals surface area contributed by atoms with Crippen LogP contribution in [0.4, 0.5) is 27.6 Å². The summed E-state index contributed by atoms with van der Waals surface area (Å²) < 4.78 is 71.3. The van der Waals surface area contributed by atoms with Gasteiger partial charge in [-0.15, -0.1) is 0 Å². The lowest BCUT2D eigenvalue weighted by Crippen LogP contribution is -2.23. The lowest BCUT2D eigenvalue weighted by Gasteiger charge is -2.16. The summed E-state index contributed by atoms with van der Waals surface area (Å²) in [5.74, 6) is -11.8. The van der Waals surface area contributed by atoms with Crippen molar-refractivity contribution in [1.29, 1.82) is 0 Å². The molecular weight excluding hydrogens is 373 g/mol. The average molecular weight is 385 g/mol. The molecule has 0 bridgehead atoms. The van der Waals surface area contributed by atoms with Gasteiger partial charge in [-0.25, -0.2) is 26.7 Å². The Bertz CT molecular complexity index is 902. The molecule has 0 radical (unpaired) electrons. The van der Waals surface area contributed by atoms with Gasteiger partial charge in [0.1, 0.15) is 6.61 Å². The van der Waals surface area contributed by atoms with Crippen molar-refractivity contribution in [3.63, 3.8) is 0 Å². The predicted molar refractivity (Wildman–Crippen MR) is 83.4 cm³/mol. The molecule has 0 saturated carbocycles. The molecule has 0 spiro atoms. The average Bonchev–Trinajstić information content (AvgIpc) is 3.10. The third kappa shape index (κ3) is 3.49. The van der Waals surface area contributed by atoms with Gasteiger partial charge >= 0.3 is 5.97 Å². The second-order valence-corrected chi connectivity index (χ2v) is 5.82. The number of benzene rings is 2. The first-order valence-corrected chi connectivity index (χ1v) is 7.89. The van der Waals surface area contributed by atoms with Gasteiger partial charge in [-0.05, 0) is 24.6 Å². The van der Waals surface area contributed by atoms with Crippen molar-refractivity contribution in [1.82, 2.24) is 0 Å². The maximum absolute atomic E-state index is 13.6. The molecule has 3 rings (SSSR count). The summed E-state index contributed by atoms with van der Waals surface area (Å²) in [5, 5.41) is 0. The van der Waals surface area contributed by atoms with E-state index in [1.165, 1.54) is 23.1 Å². The Labute approximate surface area is 150 Å². The minimum Gasteiger partial charge on any atom is -0.457 e. The molecule has 1 heterocycles. The van der Waals surface area contributed by atoms with E-state index in [2.05, 4.69) is 0 Å². The van der Waals surface area contributed by atoms with E-state index in [4.69, 9.17) is 4.74 Å². The fourth-order valence-corrected chi connectivity index (χ4v) is 2.72. The summed E-state index contributed by atoms with van der Waals surface area (Å²) in [6.07, 6.45) is 1.06. The van der Waals surface area contributed by atoms with Crippen LogP contribution in [0.5, 0.6) is 0 Å². The van der Waals surface area contributed by atoms with Gasteiger partial charge in [-0.1, -0.05) is 6.07 Å². The van der Waals surface area contributed by atoms with Crippen molar-refractivity contribution in [3.8, 4) is 0 Å². The van der Waals surface area contributed by atoms with Crippen molar-refractivity contribution in [3.05, 3.63) is 64.5 Å². The van der Waals surface area contributed by atoms with Gasteiger partial charge in [0.2, 0.25) is 11.7 Å². The van der Waals surface area contributed by atoms with Crippen LogP contribution in [-0.2, 0) is 16.1 Å². The quantitative estimate of drug-likeness (QED) is 0.348. The molecule has 0 atom stereocenters. The highest BCUT2D eigenvalue weighted by Crippen LogP contribution is 2.25. The molecule has 0 N–H and O–H groups in total. The van der Waals surface area contributed by atoms with Gasteiger partial charge in [0, 0.05) is 18.7 Å². The maximum atomic E-state index is 13.6. The number of hydrogen-bond acceptors (Lipinski definition) is 3. The summed E-state index contributed by atoms with van der Waals surface area (Å²) >= 11 is 0. The van der Waals surface area contributed by atoms with Gasteiger partial charge in [-0.3, -0.25) is 4.79 Å². The van der Waals surface area contributed by atoms with Crippen molar-refractivity contribution < 1.29 is 36.3 Å². The maximum Gasteiger partial charge on any atom is 0.338 e. The molecule has 0 aromatic heterocycles. The molecule has 4 nitrogen and oxygen atoms in total. The number of carbonyl (C=O) groups excluding carboxylic acids is 2. The minimum atomic E-state index is -2.29. The summed E-state index contributed by atoms with van der Waals surface area (Å²) in [4.78, 5) is 25.3. The second kappa shape index (κ2) is 7.34. The molecule has 1 saturated heterocycles. The van der Waals surface area contributed by atoms with E-state index in [1.807, 2.05) is 0 Å². The highest BCUT2D eigenvalue weighted by Gasteiger charge is 2.27. The number of esters is 1. The Morgan fingerprint density at radius 1 is 1.00 bits per heavy atom. The first-order valence-electron chi connectivity index (χ1n) is 7.89.